The van der Waals surface area contributed by atoms with E-state index in [9.17, 15) is 4.79 Å². The molecule has 0 aliphatic heterocycles. The monoisotopic (exact) mass is 344 g/mol. The van der Waals surface area contributed by atoms with Crippen molar-refractivity contribution >= 4 is 50.7 Å². The first kappa shape index (κ1) is 13.3. The first-order chi connectivity index (χ1) is 8.56. The Kier molecular flexibility index (Phi) is 4.22. The third-order valence-electron chi connectivity index (χ3n) is 2.14. The zero-order valence-electron chi connectivity index (χ0n) is 8.95. The molecule has 1 N–H and O–H groups in total. The maximum Gasteiger partial charge on any atom is 0.257 e. The van der Waals surface area contributed by atoms with Crippen LogP contribution >= 0.6 is 39.1 Å². The summed E-state index contributed by atoms with van der Waals surface area (Å²) < 4.78 is 0.740. The summed E-state index contributed by atoms with van der Waals surface area (Å²) in [5.74, 6) is -0.262. The van der Waals surface area contributed by atoms with Crippen LogP contribution in [0.5, 0.6) is 0 Å². The Labute approximate surface area is 122 Å². The average molecular weight is 346 g/mol. The van der Waals surface area contributed by atoms with Crippen molar-refractivity contribution in [2.45, 2.75) is 0 Å². The minimum Gasteiger partial charge on any atom is -0.322 e. The van der Waals surface area contributed by atoms with Crippen molar-refractivity contribution in [2.75, 3.05) is 5.32 Å². The molecule has 1 aromatic carbocycles. The molecule has 2 aromatic rings. The predicted molar refractivity (Wildman–Crippen MR) is 76.4 cm³/mol. The van der Waals surface area contributed by atoms with E-state index in [0.29, 0.717) is 21.3 Å². The van der Waals surface area contributed by atoms with Crippen molar-refractivity contribution < 1.29 is 4.79 Å². The average Bonchev–Trinajstić information content (AvgIpc) is 2.34. The molecule has 3 nitrogen and oxygen atoms in total. The van der Waals surface area contributed by atoms with Crippen LogP contribution in [0, 0.1) is 0 Å². The fourth-order valence-corrected chi connectivity index (χ4v) is 1.98. The summed E-state index contributed by atoms with van der Waals surface area (Å²) in [6.45, 7) is 0. The van der Waals surface area contributed by atoms with E-state index in [1.54, 1.807) is 30.5 Å². The highest BCUT2D eigenvalue weighted by atomic mass is 79.9. The van der Waals surface area contributed by atoms with Crippen LogP contribution < -0.4 is 5.32 Å². The van der Waals surface area contributed by atoms with Crippen LogP contribution in [0.15, 0.2) is 41.1 Å². The van der Waals surface area contributed by atoms with Crippen LogP contribution in [-0.2, 0) is 0 Å². The lowest BCUT2D eigenvalue weighted by atomic mass is 10.2. The van der Waals surface area contributed by atoms with E-state index in [2.05, 4.69) is 26.2 Å². The highest BCUT2D eigenvalue weighted by molar-refractivity contribution is 9.10. The number of nitrogens with zero attached hydrogens (tertiary/aromatic N) is 1. The number of anilines is 1. The number of nitrogens with one attached hydrogen (secondary N) is 1. The van der Waals surface area contributed by atoms with E-state index in [4.69, 9.17) is 23.2 Å². The Morgan fingerprint density at radius 2 is 1.94 bits per heavy atom. The van der Waals surface area contributed by atoms with Crippen molar-refractivity contribution in [1.29, 1.82) is 0 Å². The second kappa shape index (κ2) is 5.69. The number of aromatic nitrogens is 1. The lowest BCUT2D eigenvalue weighted by molar-refractivity contribution is 0.102. The molecule has 1 amide bonds. The first-order valence-electron chi connectivity index (χ1n) is 4.93. The second-order valence-corrected chi connectivity index (χ2v) is 5.20. The molecule has 1 aromatic heterocycles. The zero-order valence-corrected chi connectivity index (χ0v) is 12.1. The fourth-order valence-electron chi connectivity index (χ4n) is 1.31. The number of hydrogen-bond donors (Lipinski definition) is 1. The van der Waals surface area contributed by atoms with Gasteiger partial charge in [-0.05, 0) is 40.2 Å². The van der Waals surface area contributed by atoms with Gasteiger partial charge in [0.2, 0.25) is 0 Å². The molecule has 0 bridgehead atoms. The third-order valence-corrected chi connectivity index (χ3v) is 3.32. The number of rotatable bonds is 2. The summed E-state index contributed by atoms with van der Waals surface area (Å²) in [6.07, 6.45) is 3.09. The highest BCUT2D eigenvalue weighted by Gasteiger charge is 2.08. The van der Waals surface area contributed by atoms with Gasteiger partial charge >= 0.3 is 0 Å². The molecule has 1 heterocycles. The number of pyridine rings is 1. The number of carbonyl (C=O) groups is 1. The van der Waals surface area contributed by atoms with Gasteiger partial charge in [0, 0.05) is 22.6 Å². The fraction of sp³-hybridized carbons (Fsp3) is 0. The van der Waals surface area contributed by atoms with Gasteiger partial charge in [0.1, 0.15) is 0 Å². The molecule has 6 heteroatoms. The summed E-state index contributed by atoms with van der Waals surface area (Å²) in [5.41, 5.74) is 1.03. The number of halogens is 3. The molecular formula is C12H7BrCl2N2O. The molecule has 0 radical (unpaired) electrons. The Morgan fingerprint density at radius 1 is 1.17 bits per heavy atom. The van der Waals surface area contributed by atoms with Crippen LogP contribution in [-0.4, -0.2) is 10.9 Å². The molecule has 0 aliphatic carbocycles. The van der Waals surface area contributed by atoms with Gasteiger partial charge in [0.05, 0.1) is 15.6 Å². The van der Waals surface area contributed by atoms with Gasteiger partial charge in [-0.3, -0.25) is 9.78 Å². The molecule has 92 valence electrons. The standard InChI is InChI=1S/C12H7BrCl2N2O/c13-8-3-7(5-16-6-8)12(18)17-9-1-2-10(14)11(15)4-9/h1-6H,(H,17,18). The summed E-state index contributed by atoms with van der Waals surface area (Å²) in [5, 5.41) is 3.54. The van der Waals surface area contributed by atoms with Crippen molar-refractivity contribution in [1.82, 2.24) is 4.98 Å². The topological polar surface area (TPSA) is 42.0 Å². The van der Waals surface area contributed by atoms with E-state index in [1.165, 1.54) is 6.20 Å². The molecule has 18 heavy (non-hydrogen) atoms. The zero-order chi connectivity index (χ0) is 13.1. The van der Waals surface area contributed by atoms with E-state index in [1.807, 2.05) is 0 Å². The van der Waals surface area contributed by atoms with Gasteiger partial charge in [-0.25, -0.2) is 0 Å². The van der Waals surface area contributed by atoms with Gasteiger partial charge in [-0.2, -0.15) is 0 Å². The summed E-state index contributed by atoms with van der Waals surface area (Å²) >= 11 is 14.9. The van der Waals surface area contributed by atoms with Crippen LogP contribution in [0.1, 0.15) is 10.4 Å². The minimum absolute atomic E-state index is 0.262. The Bertz CT molecular complexity index is 604. The maximum absolute atomic E-state index is 11.9. The van der Waals surface area contributed by atoms with E-state index in [-0.39, 0.29) is 5.91 Å². The van der Waals surface area contributed by atoms with Gasteiger partial charge in [-0.15, -0.1) is 0 Å². The van der Waals surface area contributed by atoms with Crippen LogP contribution in [0.2, 0.25) is 10.0 Å². The number of benzene rings is 1. The van der Waals surface area contributed by atoms with Crippen molar-refractivity contribution in [3.63, 3.8) is 0 Å². The van der Waals surface area contributed by atoms with Gasteiger partial charge in [0.25, 0.3) is 5.91 Å². The summed E-state index contributed by atoms with van der Waals surface area (Å²) in [4.78, 5) is 15.8. The summed E-state index contributed by atoms with van der Waals surface area (Å²) in [7, 11) is 0. The predicted octanol–water partition coefficient (Wildman–Crippen LogP) is 4.40. The van der Waals surface area contributed by atoms with E-state index < -0.39 is 0 Å². The quantitative estimate of drug-likeness (QED) is 0.876. The molecular weight excluding hydrogens is 339 g/mol. The Morgan fingerprint density at radius 3 is 2.61 bits per heavy atom. The number of hydrogen-bond acceptors (Lipinski definition) is 2. The highest BCUT2D eigenvalue weighted by Crippen LogP contribution is 2.25. The number of amides is 1. The molecule has 0 fully saturated rings. The van der Waals surface area contributed by atoms with Gasteiger partial charge < -0.3 is 5.32 Å². The van der Waals surface area contributed by atoms with Gasteiger partial charge in [-0.1, -0.05) is 23.2 Å². The normalized spacial score (nSPS) is 10.2. The smallest absolute Gasteiger partial charge is 0.257 e. The molecule has 0 spiro atoms. The van der Waals surface area contributed by atoms with Crippen LogP contribution in [0.4, 0.5) is 5.69 Å². The van der Waals surface area contributed by atoms with Crippen molar-refractivity contribution in [3.05, 3.63) is 56.7 Å². The second-order valence-electron chi connectivity index (χ2n) is 3.47. The molecule has 0 atom stereocenters. The molecule has 0 saturated carbocycles. The SMILES string of the molecule is O=C(Nc1ccc(Cl)c(Cl)c1)c1cncc(Br)c1. The Hall–Kier alpha value is -1.10. The molecule has 0 aliphatic rings. The molecule has 2 rings (SSSR count). The lowest BCUT2D eigenvalue weighted by Gasteiger charge is -2.06. The first-order valence-corrected chi connectivity index (χ1v) is 6.48. The van der Waals surface area contributed by atoms with E-state index in [0.717, 1.165) is 4.47 Å². The van der Waals surface area contributed by atoms with Gasteiger partial charge in [0.15, 0.2) is 0 Å². The largest absolute Gasteiger partial charge is 0.322 e. The molecule has 0 unspecified atom stereocenters. The molecule has 0 saturated heterocycles. The minimum atomic E-state index is -0.262. The maximum atomic E-state index is 11.9. The Balaban J connectivity index is 2.18. The summed E-state index contributed by atoms with van der Waals surface area (Å²) in [6, 6.07) is 6.57. The van der Waals surface area contributed by atoms with Crippen molar-refractivity contribution in [2.24, 2.45) is 0 Å². The van der Waals surface area contributed by atoms with Crippen LogP contribution in [0.3, 0.4) is 0 Å². The van der Waals surface area contributed by atoms with E-state index >= 15 is 0 Å². The third kappa shape index (κ3) is 3.22. The number of carbonyl (C=O) groups excluding carboxylic acids is 1. The van der Waals surface area contributed by atoms with Crippen molar-refractivity contribution in [3.8, 4) is 0 Å². The lowest BCUT2D eigenvalue weighted by Crippen LogP contribution is -2.12. The van der Waals surface area contributed by atoms with Crippen LogP contribution in [0.25, 0.3) is 0 Å².